The third-order valence-corrected chi connectivity index (χ3v) is 4.58. The van der Waals surface area contributed by atoms with Gasteiger partial charge in [0.25, 0.3) is 0 Å². The van der Waals surface area contributed by atoms with Gasteiger partial charge in [0.1, 0.15) is 18.8 Å². The van der Waals surface area contributed by atoms with Crippen LogP contribution in [0.5, 0.6) is 0 Å². The zero-order valence-electron chi connectivity index (χ0n) is 16.2. The van der Waals surface area contributed by atoms with Crippen molar-refractivity contribution in [2.24, 2.45) is 0 Å². The molecule has 2 aromatic rings. The first-order chi connectivity index (χ1) is 13.5. The number of carbonyl (C=O) groups is 2. The molecule has 148 valence electrons. The second-order valence-electron chi connectivity index (χ2n) is 6.79. The molecule has 0 aliphatic carbocycles. The smallest absolute Gasteiger partial charge is 0.303 e. The Hall–Kier alpha value is -2.86. The van der Waals surface area contributed by atoms with Gasteiger partial charge in [0.05, 0.1) is 13.2 Å². The molecular weight excluding hydrogens is 358 g/mol. The van der Waals surface area contributed by atoms with Crippen molar-refractivity contribution in [1.82, 2.24) is 0 Å². The Morgan fingerprint density at radius 1 is 1.04 bits per heavy atom. The first kappa shape index (κ1) is 19.9. The van der Waals surface area contributed by atoms with E-state index in [4.69, 9.17) is 14.2 Å². The Kier molecular flexibility index (Phi) is 6.66. The van der Waals surface area contributed by atoms with Crippen LogP contribution >= 0.6 is 0 Å². The molecule has 0 fully saturated rings. The van der Waals surface area contributed by atoms with Gasteiger partial charge in [-0.2, -0.15) is 0 Å². The summed E-state index contributed by atoms with van der Waals surface area (Å²) in [7, 11) is 0. The van der Waals surface area contributed by atoms with E-state index in [1.54, 1.807) is 0 Å². The fourth-order valence-corrected chi connectivity index (χ4v) is 3.31. The quantitative estimate of drug-likeness (QED) is 0.740. The lowest BCUT2D eigenvalue weighted by molar-refractivity contribution is -0.163. The van der Waals surface area contributed by atoms with E-state index in [-0.39, 0.29) is 6.61 Å². The lowest BCUT2D eigenvalue weighted by Gasteiger charge is -2.36. The third-order valence-electron chi connectivity index (χ3n) is 4.58. The molecule has 28 heavy (non-hydrogen) atoms. The van der Waals surface area contributed by atoms with Gasteiger partial charge >= 0.3 is 11.9 Å². The van der Waals surface area contributed by atoms with E-state index in [9.17, 15) is 9.59 Å². The van der Waals surface area contributed by atoms with Gasteiger partial charge in [0.2, 0.25) is 0 Å². The van der Waals surface area contributed by atoms with Gasteiger partial charge in [-0.1, -0.05) is 48.5 Å². The number of hydrogen-bond acceptors (Lipinski definition) is 6. The highest BCUT2D eigenvalue weighted by molar-refractivity contribution is 5.67. The van der Waals surface area contributed by atoms with Gasteiger partial charge in [-0.25, -0.2) is 0 Å². The largest absolute Gasteiger partial charge is 0.463 e. The maximum absolute atomic E-state index is 11.7. The molecule has 6 nitrogen and oxygen atoms in total. The van der Waals surface area contributed by atoms with Crippen molar-refractivity contribution in [2.75, 3.05) is 18.1 Å². The van der Waals surface area contributed by atoms with Crippen LogP contribution in [-0.4, -0.2) is 37.3 Å². The average molecular weight is 383 g/mol. The van der Waals surface area contributed by atoms with Crippen LogP contribution in [0.1, 0.15) is 25.0 Å². The van der Waals surface area contributed by atoms with Crippen molar-refractivity contribution < 1.29 is 23.8 Å². The standard InChI is InChI=1S/C22H25NO5/c1-16(24)26-15-22-21(28-17(2)25)13-23(12-18-8-4-3-5-9-18)20-11-7-6-10-19(20)14-27-22/h3-11,21-22H,12-15H2,1-2H3/t21-,22-/m1/s1. The zero-order chi connectivity index (χ0) is 19.9. The van der Waals surface area contributed by atoms with Crippen molar-refractivity contribution in [3.05, 3.63) is 65.7 Å². The highest BCUT2D eigenvalue weighted by Crippen LogP contribution is 2.28. The number of rotatable bonds is 5. The molecular formula is C22H25NO5. The van der Waals surface area contributed by atoms with Crippen LogP contribution in [0.25, 0.3) is 0 Å². The lowest BCUT2D eigenvalue weighted by atomic mass is 10.1. The summed E-state index contributed by atoms with van der Waals surface area (Å²) in [6.45, 7) is 4.19. The number of nitrogens with zero attached hydrogens (tertiary/aromatic N) is 1. The molecule has 0 saturated carbocycles. The van der Waals surface area contributed by atoms with Gasteiger partial charge in [-0.3, -0.25) is 9.59 Å². The Morgan fingerprint density at radius 2 is 1.75 bits per heavy atom. The molecule has 6 heteroatoms. The maximum atomic E-state index is 11.7. The number of fused-ring (bicyclic) bond motifs is 1. The maximum Gasteiger partial charge on any atom is 0.303 e. The fraction of sp³-hybridized carbons (Fsp3) is 0.364. The minimum absolute atomic E-state index is 0.0363. The molecule has 0 spiro atoms. The molecule has 0 radical (unpaired) electrons. The number of para-hydroxylation sites is 1. The van der Waals surface area contributed by atoms with E-state index in [2.05, 4.69) is 17.0 Å². The van der Waals surface area contributed by atoms with Crippen LogP contribution in [0.2, 0.25) is 0 Å². The van der Waals surface area contributed by atoms with Gasteiger partial charge < -0.3 is 19.1 Å². The number of benzene rings is 2. The highest BCUT2D eigenvalue weighted by atomic mass is 16.6. The molecule has 3 rings (SSSR count). The summed E-state index contributed by atoms with van der Waals surface area (Å²) in [6, 6.07) is 18.1. The Labute approximate surface area is 165 Å². The van der Waals surface area contributed by atoms with E-state index in [0.29, 0.717) is 19.7 Å². The molecule has 1 heterocycles. The summed E-state index contributed by atoms with van der Waals surface area (Å²) in [5.41, 5.74) is 3.22. The first-order valence-corrected chi connectivity index (χ1v) is 9.32. The molecule has 2 aromatic carbocycles. The van der Waals surface area contributed by atoms with E-state index in [1.807, 2.05) is 42.5 Å². The molecule has 0 N–H and O–H groups in total. The number of esters is 2. The Bertz CT molecular complexity index is 808. The summed E-state index contributed by atoms with van der Waals surface area (Å²) in [6.07, 6.45) is -1.10. The van der Waals surface area contributed by atoms with Gasteiger partial charge in [0.15, 0.2) is 0 Å². The summed E-state index contributed by atoms with van der Waals surface area (Å²) < 4.78 is 16.7. The number of anilines is 1. The Morgan fingerprint density at radius 3 is 2.46 bits per heavy atom. The summed E-state index contributed by atoms with van der Waals surface area (Å²) in [5.74, 6) is -0.788. The number of hydrogen-bond donors (Lipinski definition) is 0. The highest BCUT2D eigenvalue weighted by Gasteiger charge is 2.31. The monoisotopic (exact) mass is 383 g/mol. The van der Waals surface area contributed by atoms with Crippen molar-refractivity contribution in [3.8, 4) is 0 Å². The lowest BCUT2D eigenvalue weighted by Crippen LogP contribution is -2.46. The average Bonchev–Trinajstić information content (AvgIpc) is 2.66. The number of carbonyl (C=O) groups excluding carboxylic acids is 2. The van der Waals surface area contributed by atoms with Gasteiger partial charge in [-0.05, 0) is 11.6 Å². The summed E-state index contributed by atoms with van der Waals surface area (Å²) in [4.78, 5) is 25.2. The molecule has 1 aliphatic rings. The first-order valence-electron chi connectivity index (χ1n) is 9.32. The van der Waals surface area contributed by atoms with E-state index in [0.717, 1.165) is 16.8 Å². The molecule has 2 atom stereocenters. The van der Waals surface area contributed by atoms with Gasteiger partial charge in [0, 0.05) is 31.6 Å². The van der Waals surface area contributed by atoms with Crippen molar-refractivity contribution in [2.45, 2.75) is 39.2 Å². The predicted molar refractivity (Wildman–Crippen MR) is 105 cm³/mol. The Balaban J connectivity index is 1.91. The summed E-state index contributed by atoms with van der Waals surface area (Å²) >= 11 is 0. The third kappa shape index (κ3) is 5.33. The molecule has 1 aliphatic heterocycles. The SMILES string of the molecule is CC(=O)OC[C@H]1OCc2ccccc2N(Cc2ccccc2)C[C@H]1OC(C)=O. The van der Waals surface area contributed by atoms with E-state index >= 15 is 0 Å². The van der Waals surface area contributed by atoms with Crippen molar-refractivity contribution in [1.29, 1.82) is 0 Å². The van der Waals surface area contributed by atoms with E-state index < -0.39 is 24.1 Å². The van der Waals surface area contributed by atoms with Crippen molar-refractivity contribution in [3.63, 3.8) is 0 Å². The van der Waals surface area contributed by atoms with Crippen LogP contribution in [0.3, 0.4) is 0 Å². The fourth-order valence-electron chi connectivity index (χ4n) is 3.31. The minimum Gasteiger partial charge on any atom is -0.463 e. The van der Waals surface area contributed by atoms with Crippen LogP contribution < -0.4 is 4.90 Å². The molecule has 0 unspecified atom stereocenters. The molecule has 0 amide bonds. The van der Waals surface area contributed by atoms with Crippen LogP contribution in [0.15, 0.2) is 54.6 Å². The molecule has 0 bridgehead atoms. The zero-order valence-corrected chi connectivity index (χ0v) is 16.2. The summed E-state index contributed by atoms with van der Waals surface area (Å²) in [5, 5.41) is 0. The van der Waals surface area contributed by atoms with Crippen LogP contribution in [-0.2, 0) is 37.0 Å². The van der Waals surface area contributed by atoms with Gasteiger partial charge in [-0.15, -0.1) is 0 Å². The number of ether oxygens (including phenoxy) is 3. The van der Waals surface area contributed by atoms with Crippen LogP contribution in [0.4, 0.5) is 5.69 Å². The topological polar surface area (TPSA) is 65.1 Å². The second kappa shape index (κ2) is 9.37. The predicted octanol–water partition coefficient (Wildman–Crippen LogP) is 3.09. The van der Waals surface area contributed by atoms with Crippen molar-refractivity contribution >= 4 is 17.6 Å². The molecule has 0 saturated heterocycles. The normalized spacial score (nSPS) is 19.1. The molecule has 0 aromatic heterocycles. The second-order valence-corrected chi connectivity index (χ2v) is 6.79. The van der Waals surface area contributed by atoms with Crippen LogP contribution in [0, 0.1) is 0 Å². The minimum atomic E-state index is -0.561. The van der Waals surface area contributed by atoms with E-state index in [1.165, 1.54) is 13.8 Å².